The van der Waals surface area contributed by atoms with Crippen molar-refractivity contribution in [2.75, 3.05) is 5.32 Å². The first-order valence-electron chi connectivity index (χ1n) is 5.84. The smallest absolute Gasteiger partial charge is 0.259 e. The van der Waals surface area contributed by atoms with E-state index in [1.165, 1.54) is 12.1 Å². The van der Waals surface area contributed by atoms with Crippen LogP contribution in [0.2, 0.25) is 5.02 Å². The van der Waals surface area contributed by atoms with Crippen molar-refractivity contribution in [3.63, 3.8) is 0 Å². The van der Waals surface area contributed by atoms with Crippen LogP contribution in [-0.2, 0) is 0 Å². The molecule has 1 amide bonds. The number of benzene rings is 2. The van der Waals surface area contributed by atoms with Crippen LogP contribution in [0.25, 0.3) is 0 Å². The molecule has 0 heterocycles. The number of amides is 1. The Bertz CT molecular complexity index is 618. The summed E-state index contributed by atoms with van der Waals surface area (Å²) >= 11 is 5.78. The monoisotopic (exact) mass is 275 g/mol. The zero-order valence-corrected chi connectivity index (χ0v) is 11.5. The van der Waals surface area contributed by atoms with Gasteiger partial charge in [-0.25, -0.2) is 0 Å². The van der Waals surface area contributed by atoms with Crippen molar-refractivity contribution in [1.82, 2.24) is 0 Å². The number of anilines is 1. The first-order valence-corrected chi connectivity index (χ1v) is 6.22. The highest BCUT2D eigenvalue weighted by atomic mass is 35.5. The first-order chi connectivity index (χ1) is 8.97. The average molecular weight is 276 g/mol. The molecule has 19 heavy (non-hydrogen) atoms. The third kappa shape index (κ3) is 3.06. The fourth-order valence-corrected chi connectivity index (χ4v) is 2.12. The van der Waals surface area contributed by atoms with Gasteiger partial charge >= 0.3 is 0 Å². The van der Waals surface area contributed by atoms with Crippen molar-refractivity contribution >= 4 is 23.2 Å². The molecule has 98 valence electrons. The van der Waals surface area contributed by atoms with E-state index in [1.54, 1.807) is 6.07 Å². The highest BCUT2D eigenvalue weighted by Crippen LogP contribution is 2.27. The van der Waals surface area contributed by atoms with E-state index in [4.69, 9.17) is 11.6 Å². The van der Waals surface area contributed by atoms with Gasteiger partial charge in [-0.15, -0.1) is 0 Å². The molecule has 0 fully saturated rings. The van der Waals surface area contributed by atoms with Crippen LogP contribution in [0, 0.1) is 13.8 Å². The lowest BCUT2D eigenvalue weighted by atomic mass is 10.1. The third-order valence-corrected chi connectivity index (χ3v) is 3.02. The quantitative estimate of drug-likeness (QED) is 0.873. The van der Waals surface area contributed by atoms with E-state index in [2.05, 4.69) is 5.32 Å². The van der Waals surface area contributed by atoms with Crippen molar-refractivity contribution in [1.29, 1.82) is 0 Å². The van der Waals surface area contributed by atoms with Crippen LogP contribution in [-0.4, -0.2) is 11.0 Å². The standard InChI is InChI=1S/C15H14ClNO2/c1-9-6-10(2)8-11(7-9)17-15(19)12-4-3-5-13(16)14(12)18/h3-8,18H,1-2H3,(H,17,19). The second kappa shape index (κ2) is 5.33. The zero-order valence-electron chi connectivity index (χ0n) is 10.7. The number of carbonyl (C=O) groups is 1. The lowest BCUT2D eigenvalue weighted by molar-refractivity contribution is 0.102. The number of hydrogen-bond donors (Lipinski definition) is 2. The Hall–Kier alpha value is -2.00. The zero-order chi connectivity index (χ0) is 14.0. The molecule has 0 spiro atoms. The van der Waals surface area contributed by atoms with Gasteiger partial charge in [0.1, 0.15) is 5.75 Å². The lowest BCUT2D eigenvalue weighted by Crippen LogP contribution is -2.12. The molecular weight excluding hydrogens is 262 g/mol. The van der Waals surface area contributed by atoms with Gasteiger partial charge in [0.05, 0.1) is 10.6 Å². The number of hydrogen-bond acceptors (Lipinski definition) is 2. The minimum absolute atomic E-state index is 0.159. The summed E-state index contributed by atoms with van der Waals surface area (Å²) < 4.78 is 0. The van der Waals surface area contributed by atoms with E-state index < -0.39 is 0 Å². The van der Waals surface area contributed by atoms with Crippen LogP contribution in [0.1, 0.15) is 21.5 Å². The van der Waals surface area contributed by atoms with Crippen LogP contribution in [0.4, 0.5) is 5.69 Å². The van der Waals surface area contributed by atoms with Crippen molar-refractivity contribution in [2.24, 2.45) is 0 Å². The number of rotatable bonds is 2. The van der Waals surface area contributed by atoms with E-state index in [9.17, 15) is 9.90 Å². The average Bonchev–Trinajstić information content (AvgIpc) is 2.31. The molecule has 0 aliphatic heterocycles. The van der Waals surface area contributed by atoms with Gasteiger partial charge in [0, 0.05) is 5.69 Å². The van der Waals surface area contributed by atoms with Crippen molar-refractivity contribution < 1.29 is 9.90 Å². The molecule has 0 saturated heterocycles. The van der Waals surface area contributed by atoms with Gasteiger partial charge in [-0.05, 0) is 49.2 Å². The second-order valence-corrected chi connectivity index (χ2v) is 4.87. The molecule has 2 N–H and O–H groups in total. The van der Waals surface area contributed by atoms with E-state index in [-0.39, 0.29) is 22.2 Å². The van der Waals surface area contributed by atoms with Gasteiger partial charge < -0.3 is 10.4 Å². The number of phenols is 1. The van der Waals surface area contributed by atoms with Gasteiger partial charge in [0.2, 0.25) is 0 Å². The normalized spacial score (nSPS) is 10.3. The number of carbonyl (C=O) groups excluding carboxylic acids is 1. The molecule has 0 radical (unpaired) electrons. The van der Waals surface area contributed by atoms with Crippen LogP contribution in [0.3, 0.4) is 0 Å². The maximum atomic E-state index is 12.1. The summed E-state index contributed by atoms with van der Waals surface area (Å²) in [6.45, 7) is 3.92. The molecule has 0 aliphatic carbocycles. The summed E-state index contributed by atoms with van der Waals surface area (Å²) in [6.07, 6.45) is 0. The fourth-order valence-electron chi connectivity index (χ4n) is 1.94. The summed E-state index contributed by atoms with van der Waals surface area (Å²) in [4.78, 5) is 12.1. The number of aryl methyl sites for hydroxylation is 2. The number of phenolic OH excluding ortho intramolecular Hbond substituents is 1. The lowest BCUT2D eigenvalue weighted by Gasteiger charge is -2.09. The maximum absolute atomic E-state index is 12.1. The van der Waals surface area contributed by atoms with Crippen molar-refractivity contribution in [3.8, 4) is 5.75 Å². The fraction of sp³-hybridized carbons (Fsp3) is 0.133. The molecule has 2 rings (SSSR count). The number of halogens is 1. The summed E-state index contributed by atoms with van der Waals surface area (Å²) in [6, 6.07) is 10.4. The molecule has 2 aromatic rings. The SMILES string of the molecule is Cc1cc(C)cc(NC(=O)c2cccc(Cl)c2O)c1. The molecule has 4 heteroatoms. The predicted molar refractivity (Wildman–Crippen MR) is 77.0 cm³/mol. The number of aromatic hydroxyl groups is 1. The van der Waals surface area contributed by atoms with Crippen LogP contribution < -0.4 is 5.32 Å². The molecule has 2 aromatic carbocycles. The topological polar surface area (TPSA) is 49.3 Å². The minimum atomic E-state index is -0.384. The Balaban J connectivity index is 2.28. The largest absolute Gasteiger partial charge is 0.506 e. The van der Waals surface area contributed by atoms with Gasteiger partial charge in [0.25, 0.3) is 5.91 Å². The van der Waals surface area contributed by atoms with E-state index in [0.29, 0.717) is 5.69 Å². The maximum Gasteiger partial charge on any atom is 0.259 e. The summed E-state index contributed by atoms with van der Waals surface area (Å²) in [5.41, 5.74) is 2.98. The van der Waals surface area contributed by atoms with Crippen LogP contribution >= 0.6 is 11.6 Å². The number of nitrogens with one attached hydrogen (secondary N) is 1. The minimum Gasteiger partial charge on any atom is -0.506 e. The number of para-hydroxylation sites is 1. The van der Waals surface area contributed by atoms with Crippen molar-refractivity contribution in [3.05, 3.63) is 58.1 Å². The molecule has 0 atom stereocenters. The summed E-state index contributed by atoms with van der Waals surface area (Å²) in [7, 11) is 0. The van der Waals surface area contributed by atoms with E-state index >= 15 is 0 Å². The second-order valence-electron chi connectivity index (χ2n) is 4.47. The van der Waals surface area contributed by atoms with E-state index in [1.807, 2.05) is 32.0 Å². The van der Waals surface area contributed by atoms with Gasteiger partial charge in [-0.3, -0.25) is 4.79 Å². The van der Waals surface area contributed by atoms with E-state index in [0.717, 1.165) is 11.1 Å². The Morgan fingerprint density at radius 1 is 1.16 bits per heavy atom. The van der Waals surface area contributed by atoms with Gasteiger partial charge in [-0.1, -0.05) is 23.7 Å². The highest BCUT2D eigenvalue weighted by molar-refractivity contribution is 6.32. The molecule has 0 unspecified atom stereocenters. The van der Waals surface area contributed by atoms with Crippen molar-refractivity contribution in [2.45, 2.75) is 13.8 Å². The summed E-state index contributed by atoms with van der Waals surface area (Å²) in [5, 5.41) is 12.7. The first kappa shape index (κ1) is 13.4. The Morgan fingerprint density at radius 2 is 1.79 bits per heavy atom. The van der Waals surface area contributed by atoms with Crippen LogP contribution in [0.15, 0.2) is 36.4 Å². The Morgan fingerprint density at radius 3 is 2.42 bits per heavy atom. The third-order valence-electron chi connectivity index (χ3n) is 2.71. The molecular formula is C15H14ClNO2. The van der Waals surface area contributed by atoms with Crippen LogP contribution in [0.5, 0.6) is 5.75 Å². The molecule has 0 aromatic heterocycles. The molecule has 0 saturated carbocycles. The summed E-state index contributed by atoms with van der Waals surface area (Å²) in [5.74, 6) is -0.587. The Kier molecular flexibility index (Phi) is 3.76. The highest BCUT2D eigenvalue weighted by Gasteiger charge is 2.13. The molecule has 0 aliphatic rings. The van der Waals surface area contributed by atoms with Gasteiger partial charge in [-0.2, -0.15) is 0 Å². The molecule has 0 bridgehead atoms. The van der Waals surface area contributed by atoms with Gasteiger partial charge in [0.15, 0.2) is 0 Å². The Labute approximate surface area is 116 Å². The molecule has 3 nitrogen and oxygen atoms in total. The predicted octanol–water partition coefficient (Wildman–Crippen LogP) is 3.91.